The van der Waals surface area contributed by atoms with Crippen LogP contribution in [-0.4, -0.2) is 44.6 Å². The number of ether oxygens (including phenoxy) is 2. The van der Waals surface area contributed by atoms with E-state index in [1.54, 1.807) is 25.1 Å². The number of hydrogen-bond donors (Lipinski definition) is 3. The zero-order valence-electron chi connectivity index (χ0n) is 20.3. The maximum Gasteiger partial charge on any atom is 0.158 e. The van der Waals surface area contributed by atoms with Crippen LogP contribution < -0.4 is 10.1 Å². The maximum absolute atomic E-state index is 9.84. The number of para-hydroxylation sites is 1. The highest BCUT2D eigenvalue weighted by Gasteiger charge is 2.17. The summed E-state index contributed by atoms with van der Waals surface area (Å²) in [4.78, 5) is 9.08. The molecule has 3 N–H and O–H groups in total. The van der Waals surface area contributed by atoms with E-state index in [0.29, 0.717) is 35.5 Å². The minimum Gasteiger partial charge on any atom is -0.456 e. The van der Waals surface area contributed by atoms with Crippen LogP contribution in [0.5, 0.6) is 11.5 Å². The van der Waals surface area contributed by atoms with Gasteiger partial charge in [-0.3, -0.25) is 0 Å². The van der Waals surface area contributed by atoms with E-state index >= 15 is 0 Å². The van der Waals surface area contributed by atoms with Gasteiger partial charge in [-0.25, -0.2) is 9.97 Å². The minimum absolute atomic E-state index is 0.0183. The third-order valence-corrected chi connectivity index (χ3v) is 6.30. The maximum atomic E-state index is 9.84. The molecule has 3 aromatic carbocycles. The minimum atomic E-state index is -0.591. The molecule has 2 heterocycles. The Kier molecular flexibility index (Phi) is 7.52. The van der Waals surface area contributed by atoms with Crippen molar-refractivity contribution in [1.29, 1.82) is 0 Å². The smallest absolute Gasteiger partial charge is 0.158 e. The molecule has 0 aliphatic rings. The van der Waals surface area contributed by atoms with Crippen LogP contribution in [-0.2, 0) is 11.3 Å². The summed E-state index contributed by atoms with van der Waals surface area (Å²) in [7, 11) is 0. The largest absolute Gasteiger partial charge is 0.456 e. The molecular weight excluding hydrogens is 492 g/mol. The van der Waals surface area contributed by atoms with E-state index in [1.165, 1.54) is 6.33 Å². The fourth-order valence-electron chi connectivity index (χ4n) is 4.27. The molecule has 0 spiro atoms. The van der Waals surface area contributed by atoms with Gasteiger partial charge in [-0.15, -0.1) is 0 Å². The molecule has 0 amide bonds. The van der Waals surface area contributed by atoms with E-state index in [1.807, 2.05) is 48.5 Å². The van der Waals surface area contributed by atoms with Crippen LogP contribution in [0.2, 0.25) is 5.02 Å². The van der Waals surface area contributed by atoms with Gasteiger partial charge in [0.05, 0.1) is 36.5 Å². The van der Waals surface area contributed by atoms with Crippen LogP contribution in [0.15, 0.2) is 73.1 Å². The molecule has 0 radical (unpaired) electrons. The number of aliphatic hydroxyl groups excluding tert-OH is 2. The molecular formula is C28H27ClN4O4. The van der Waals surface area contributed by atoms with Crippen molar-refractivity contribution < 1.29 is 19.7 Å². The summed E-state index contributed by atoms with van der Waals surface area (Å²) in [6.07, 6.45) is 0.949. The SMILES string of the molecule is CC(O)c1cccc(Oc2ccc(Nc3ncnc4c5ccccc5n(CCOCCO)c34)cc2Cl)c1. The van der Waals surface area contributed by atoms with Crippen LogP contribution in [0.3, 0.4) is 0 Å². The van der Waals surface area contributed by atoms with Crippen LogP contribution in [0.4, 0.5) is 11.5 Å². The number of benzene rings is 3. The first-order valence-electron chi connectivity index (χ1n) is 12.0. The highest BCUT2D eigenvalue weighted by atomic mass is 35.5. The second-order valence-corrected chi connectivity index (χ2v) is 8.95. The summed E-state index contributed by atoms with van der Waals surface area (Å²) < 4.78 is 13.6. The molecule has 9 heteroatoms. The van der Waals surface area contributed by atoms with Crippen LogP contribution >= 0.6 is 11.6 Å². The summed E-state index contributed by atoms with van der Waals surface area (Å²) in [5.41, 5.74) is 4.21. The second kappa shape index (κ2) is 11.1. The molecule has 5 rings (SSSR count). The van der Waals surface area contributed by atoms with Crippen molar-refractivity contribution in [2.75, 3.05) is 25.1 Å². The van der Waals surface area contributed by atoms with Gasteiger partial charge in [-0.2, -0.15) is 0 Å². The molecule has 5 aromatic rings. The average Bonchev–Trinajstić information content (AvgIpc) is 3.23. The predicted molar refractivity (Wildman–Crippen MR) is 145 cm³/mol. The molecule has 0 aliphatic carbocycles. The lowest BCUT2D eigenvalue weighted by molar-refractivity contribution is 0.0880. The van der Waals surface area contributed by atoms with Gasteiger partial charge in [-0.1, -0.05) is 41.9 Å². The van der Waals surface area contributed by atoms with Crippen molar-refractivity contribution in [2.24, 2.45) is 0 Å². The van der Waals surface area contributed by atoms with E-state index in [9.17, 15) is 5.11 Å². The van der Waals surface area contributed by atoms with Gasteiger partial charge in [0.1, 0.15) is 28.9 Å². The Morgan fingerprint density at radius 3 is 2.70 bits per heavy atom. The van der Waals surface area contributed by atoms with Gasteiger partial charge in [0.15, 0.2) is 5.82 Å². The summed E-state index contributed by atoms with van der Waals surface area (Å²) in [5, 5.41) is 23.7. The number of fused-ring (bicyclic) bond motifs is 3. The lowest BCUT2D eigenvalue weighted by Crippen LogP contribution is -2.09. The Morgan fingerprint density at radius 2 is 1.89 bits per heavy atom. The number of aromatic nitrogens is 3. The van der Waals surface area contributed by atoms with Crippen LogP contribution in [0, 0.1) is 0 Å². The monoisotopic (exact) mass is 518 g/mol. The van der Waals surface area contributed by atoms with Crippen LogP contribution in [0.25, 0.3) is 21.9 Å². The molecule has 37 heavy (non-hydrogen) atoms. The topological polar surface area (TPSA) is 102 Å². The first-order valence-corrected chi connectivity index (χ1v) is 12.4. The van der Waals surface area contributed by atoms with Gasteiger partial charge >= 0.3 is 0 Å². The molecule has 0 aliphatic heterocycles. The van der Waals surface area contributed by atoms with E-state index in [0.717, 1.165) is 33.2 Å². The lowest BCUT2D eigenvalue weighted by Gasteiger charge is -2.13. The number of nitrogens with zero attached hydrogens (tertiary/aromatic N) is 3. The highest BCUT2D eigenvalue weighted by Crippen LogP contribution is 2.36. The number of nitrogens with one attached hydrogen (secondary N) is 1. The van der Waals surface area contributed by atoms with Crippen molar-refractivity contribution >= 4 is 45.0 Å². The van der Waals surface area contributed by atoms with Crippen molar-refractivity contribution in [1.82, 2.24) is 14.5 Å². The molecule has 1 atom stereocenters. The Balaban J connectivity index is 1.45. The number of hydrogen-bond acceptors (Lipinski definition) is 7. The number of halogens is 1. The van der Waals surface area contributed by atoms with E-state index < -0.39 is 6.10 Å². The standard InChI is InChI=1S/C28H27ClN4O4/c1-18(35)19-5-4-6-21(15-19)37-25-10-9-20(16-23(25)29)32-28-27-26(30-17-31-28)22-7-2-3-8-24(22)33(27)11-13-36-14-12-34/h2-10,15-18,34-35H,11-14H2,1H3,(H,30,31,32). The Labute approximate surface area is 219 Å². The van der Waals surface area contributed by atoms with Crippen molar-refractivity contribution in [3.63, 3.8) is 0 Å². The van der Waals surface area contributed by atoms with Crippen molar-refractivity contribution in [2.45, 2.75) is 19.6 Å². The first kappa shape index (κ1) is 25.0. The molecule has 2 aromatic heterocycles. The van der Waals surface area contributed by atoms with Gasteiger partial charge in [0, 0.05) is 17.6 Å². The summed E-state index contributed by atoms with van der Waals surface area (Å²) in [6.45, 7) is 2.99. The third-order valence-electron chi connectivity index (χ3n) is 6.00. The van der Waals surface area contributed by atoms with Crippen molar-refractivity contribution in [3.05, 3.63) is 83.6 Å². The number of aliphatic hydroxyl groups is 2. The lowest BCUT2D eigenvalue weighted by atomic mass is 10.1. The third kappa shape index (κ3) is 5.38. The van der Waals surface area contributed by atoms with E-state index in [2.05, 4.69) is 19.9 Å². The van der Waals surface area contributed by atoms with Crippen LogP contribution in [0.1, 0.15) is 18.6 Å². The average molecular weight is 519 g/mol. The summed E-state index contributed by atoms with van der Waals surface area (Å²) >= 11 is 6.57. The Hall–Kier alpha value is -3.69. The fraction of sp³-hybridized carbons (Fsp3) is 0.214. The zero-order chi connectivity index (χ0) is 25.8. The summed E-state index contributed by atoms with van der Waals surface area (Å²) in [5.74, 6) is 1.72. The van der Waals surface area contributed by atoms with Gasteiger partial charge in [0.25, 0.3) is 0 Å². The molecule has 0 bridgehead atoms. The van der Waals surface area contributed by atoms with Crippen molar-refractivity contribution in [3.8, 4) is 11.5 Å². The van der Waals surface area contributed by atoms with Gasteiger partial charge in [0.2, 0.25) is 0 Å². The number of rotatable bonds is 10. The normalized spacial score (nSPS) is 12.2. The second-order valence-electron chi connectivity index (χ2n) is 8.54. The van der Waals surface area contributed by atoms with Gasteiger partial charge < -0.3 is 29.6 Å². The number of anilines is 2. The highest BCUT2D eigenvalue weighted by molar-refractivity contribution is 6.32. The first-order chi connectivity index (χ1) is 18.0. The molecule has 0 saturated heterocycles. The van der Waals surface area contributed by atoms with E-state index in [4.69, 9.17) is 26.2 Å². The Bertz CT molecular complexity index is 1540. The molecule has 0 fully saturated rings. The fourth-order valence-corrected chi connectivity index (χ4v) is 4.49. The molecule has 0 saturated carbocycles. The molecule has 1 unspecified atom stereocenters. The Morgan fingerprint density at radius 1 is 1.03 bits per heavy atom. The summed E-state index contributed by atoms with van der Waals surface area (Å²) in [6, 6.07) is 20.8. The van der Waals surface area contributed by atoms with E-state index in [-0.39, 0.29) is 13.2 Å². The predicted octanol–water partition coefficient (Wildman–Crippen LogP) is 5.84. The molecule has 190 valence electrons. The molecule has 8 nitrogen and oxygen atoms in total. The van der Waals surface area contributed by atoms with Gasteiger partial charge in [-0.05, 0) is 48.9 Å². The zero-order valence-corrected chi connectivity index (χ0v) is 21.0. The quantitative estimate of drug-likeness (QED) is 0.200.